The van der Waals surface area contributed by atoms with Crippen LogP contribution in [0.5, 0.6) is 0 Å². The van der Waals surface area contributed by atoms with Gasteiger partial charge in [-0.3, -0.25) is 4.98 Å². The average Bonchev–Trinajstić information content (AvgIpc) is 3.17. The third-order valence-electron chi connectivity index (χ3n) is 3.76. The molecule has 1 fully saturated rings. The predicted octanol–water partition coefficient (Wildman–Crippen LogP) is 2.99. The van der Waals surface area contributed by atoms with Crippen LogP contribution in [-0.2, 0) is 6.54 Å². The zero-order valence-electron chi connectivity index (χ0n) is 11.4. The van der Waals surface area contributed by atoms with Crippen molar-refractivity contribution in [3.05, 3.63) is 54.1 Å². The van der Waals surface area contributed by atoms with Crippen molar-refractivity contribution in [3.8, 4) is 0 Å². The molecule has 1 aliphatic carbocycles. The van der Waals surface area contributed by atoms with Crippen molar-refractivity contribution in [2.45, 2.75) is 32.4 Å². The zero-order chi connectivity index (χ0) is 13.1. The Morgan fingerprint density at radius 1 is 1.32 bits per heavy atom. The van der Waals surface area contributed by atoms with Gasteiger partial charge in [0.1, 0.15) is 0 Å². The van der Waals surface area contributed by atoms with E-state index < -0.39 is 0 Å². The normalized spacial score (nSPS) is 16.5. The first-order chi connectivity index (χ1) is 9.36. The molecule has 3 heteroatoms. The molecular weight excluding hydrogens is 234 g/mol. The molecular formula is C16H21N3. The van der Waals surface area contributed by atoms with Crippen LogP contribution in [0.3, 0.4) is 0 Å². The van der Waals surface area contributed by atoms with Gasteiger partial charge in [-0.2, -0.15) is 0 Å². The first kappa shape index (κ1) is 12.4. The Morgan fingerprint density at radius 2 is 2.11 bits per heavy atom. The molecule has 2 aromatic rings. The molecule has 3 rings (SSSR count). The lowest BCUT2D eigenvalue weighted by molar-refractivity contribution is 0.495. The van der Waals surface area contributed by atoms with Gasteiger partial charge >= 0.3 is 0 Å². The molecule has 0 spiro atoms. The van der Waals surface area contributed by atoms with E-state index in [4.69, 9.17) is 0 Å². The SMILES string of the molecule is CCNC(c1ccn(Cc2ccncc2)c1)C1CC1. The van der Waals surface area contributed by atoms with E-state index in [9.17, 15) is 0 Å². The molecule has 3 nitrogen and oxygen atoms in total. The fourth-order valence-electron chi connectivity index (χ4n) is 2.65. The summed E-state index contributed by atoms with van der Waals surface area (Å²) in [5, 5.41) is 3.61. The van der Waals surface area contributed by atoms with Crippen LogP contribution in [0.2, 0.25) is 0 Å². The summed E-state index contributed by atoms with van der Waals surface area (Å²) in [6.07, 6.45) is 10.9. The maximum Gasteiger partial charge on any atom is 0.0471 e. The Morgan fingerprint density at radius 3 is 2.79 bits per heavy atom. The lowest BCUT2D eigenvalue weighted by Crippen LogP contribution is -2.22. The third-order valence-corrected chi connectivity index (χ3v) is 3.76. The largest absolute Gasteiger partial charge is 0.350 e. The number of nitrogens with one attached hydrogen (secondary N) is 1. The summed E-state index contributed by atoms with van der Waals surface area (Å²) in [7, 11) is 0. The summed E-state index contributed by atoms with van der Waals surface area (Å²) in [4.78, 5) is 4.06. The zero-order valence-corrected chi connectivity index (χ0v) is 11.4. The highest BCUT2D eigenvalue weighted by Gasteiger charge is 2.31. The van der Waals surface area contributed by atoms with Gasteiger partial charge in [0.05, 0.1) is 0 Å². The van der Waals surface area contributed by atoms with E-state index in [2.05, 4.69) is 52.4 Å². The molecule has 1 aliphatic rings. The molecule has 1 unspecified atom stereocenters. The van der Waals surface area contributed by atoms with Gasteiger partial charge in [0, 0.05) is 37.4 Å². The summed E-state index contributed by atoms with van der Waals surface area (Å²) in [6.45, 7) is 4.14. The predicted molar refractivity (Wildman–Crippen MR) is 76.9 cm³/mol. The van der Waals surface area contributed by atoms with Crippen molar-refractivity contribution in [2.24, 2.45) is 5.92 Å². The first-order valence-corrected chi connectivity index (χ1v) is 7.15. The second-order valence-electron chi connectivity index (χ2n) is 5.35. The molecule has 0 amide bonds. The van der Waals surface area contributed by atoms with Gasteiger partial charge in [-0.25, -0.2) is 0 Å². The van der Waals surface area contributed by atoms with Crippen LogP contribution in [0, 0.1) is 5.92 Å². The summed E-state index contributed by atoms with van der Waals surface area (Å²) < 4.78 is 2.26. The van der Waals surface area contributed by atoms with Crippen molar-refractivity contribution in [3.63, 3.8) is 0 Å². The Bertz CT molecular complexity index is 514. The lowest BCUT2D eigenvalue weighted by Gasteiger charge is -2.15. The number of hydrogen-bond acceptors (Lipinski definition) is 2. The van der Waals surface area contributed by atoms with Gasteiger partial charge in [-0.05, 0) is 54.6 Å². The highest BCUT2D eigenvalue weighted by molar-refractivity contribution is 5.20. The molecule has 2 heterocycles. The molecule has 0 aromatic carbocycles. The van der Waals surface area contributed by atoms with Crippen LogP contribution in [0.1, 0.15) is 36.9 Å². The Labute approximate surface area is 114 Å². The first-order valence-electron chi connectivity index (χ1n) is 7.15. The molecule has 1 atom stereocenters. The van der Waals surface area contributed by atoms with Gasteiger partial charge in [-0.1, -0.05) is 6.92 Å². The maximum atomic E-state index is 4.06. The fraction of sp³-hybridized carbons (Fsp3) is 0.438. The quantitative estimate of drug-likeness (QED) is 0.860. The molecule has 0 aliphatic heterocycles. The molecule has 0 bridgehead atoms. The minimum absolute atomic E-state index is 0.545. The van der Waals surface area contributed by atoms with Crippen LogP contribution in [0.4, 0.5) is 0 Å². The number of rotatable bonds is 6. The van der Waals surface area contributed by atoms with Gasteiger partial charge < -0.3 is 9.88 Å². The van der Waals surface area contributed by atoms with E-state index in [1.165, 1.54) is 24.0 Å². The minimum atomic E-state index is 0.545. The van der Waals surface area contributed by atoms with Crippen molar-refractivity contribution in [1.29, 1.82) is 0 Å². The molecule has 100 valence electrons. The van der Waals surface area contributed by atoms with Crippen LogP contribution >= 0.6 is 0 Å². The number of hydrogen-bond donors (Lipinski definition) is 1. The van der Waals surface area contributed by atoms with E-state index in [0.29, 0.717) is 6.04 Å². The standard InChI is InChI=1S/C16H21N3/c1-2-18-16(14-3-4-14)15-7-10-19(12-15)11-13-5-8-17-9-6-13/h5-10,12,14,16,18H,2-4,11H2,1H3. The van der Waals surface area contributed by atoms with Gasteiger partial charge in [0.25, 0.3) is 0 Å². The van der Waals surface area contributed by atoms with E-state index in [1.54, 1.807) is 0 Å². The highest BCUT2D eigenvalue weighted by atomic mass is 15.0. The monoisotopic (exact) mass is 255 g/mol. The van der Waals surface area contributed by atoms with Crippen molar-refractivity contribution in [1.82, 2.24) is 14.9 Å². The van der Waals surface area contributed by atoms with Crippen molar-refractivity contribution >= 4 is 0 Å². The van der Waals surface area contributed by atoms with Gasteiger partial charge in [0.2, 0.25) is 0 Å². The third kappa shape index (κ3) is 3.04. The fourth-order valence-corrected chi connectivity index (χ4v) is 2.65. The molecule has 1 N–H and O–H groups in total. The number of nitrogens with zero attached hydrogens (tertiary/aromatic N) is 2. The van der Waals surface area contributed by atoms with E-state index in [-0.39, 0.29) is 0 Å². The van der Waals surface area contributed by atoms with E-state index >= 15 is 0 Å². The van der Waals surface area contributed by atoms with Crippen molar-refractivity contribution in [2.75, 3.05) is 6.54 Å². The smallest absolute Gasteiger partial charge is 0.0471 e. The van der Waals surface area contributed by atoms with Gasteiger partial charge in [-0.15, -0.1) is 0 Å². The molecule has 0 saturated heterocycles. The Hall–Kier alpha value is -1.61. The number of pyridine rings is 1. The minimum Gasteiger partial charge on any atom is -0.350 e. The Kier molecular flexibility index (Phi) is 3.65. The molecule has 19 heavy (non-hydrogen) atoms. The second-order valence-corrected chi connectivity index (χ2v) is 5.35. The summed E-state index contributed by atoms with van der Waals surface area (Å²) in [5.41, 5.74) is 2.72. The summed E-state index contributed by atoms with van der Waals surface area (Å²) >= 11 is 0. The van der Waals surface area contributed by atoms with E-state index in [1.807, 2.05) is 12.4 Å². The Balaban J connectivity index is 1.71. The second kappa shape index (κ2) is 5.57. The van der Waals surface area contributed by atoms with Crippen molar-refractivity contribution < 1.29 is 0 Å². The molecule has 2 aromatic heterocycles. The van der Waals surface area contributed by atoms with Gasteiger partial charge in [0.15, 0.2) is 0 Å². The lowest BCUT2D eigenvalue weighted by atomic mass is 10.1. The van der Waals surface area contributed by atoms with Crippen LogP contribution < -0.4 is 5.32 Å². The van der Waals surface area contributed by atoms with Crippen LogP contribution in [0.25, 0.3) is 0 Å². The molecule has 0 radical (unpaired) electrons. The highest BCUT2D eigenvalue weighted by Crippen LogP contribution is 2.41. The van der Waals surface area contributed by atoms with E-state index in [0.717, 1.165) is 19.0 Å². The maximum absolute atomic E-state index is 4.06. The summed E-state index contributed by atoms with van der Waals surface area (Å²) in [5.74, 6) is 0.844. The topological polar surface area (TPSA) is 29.9 Å². The number of aromatic nitrogens is 2. The summed E-state index contributed by atoms with van der Waals surface area (Å²) in [6, 6.07) is 6.95. The molecule has 1 saturated carbocycles. The van der Waals surface area contributed by atoms with Crippen LogP contribution in [0.15, 0.2) is 43.0 Å². The van der Waals surface area contributed by atoms with Crippen LogP contribution in [-0.4, -0.2) is 16.1 Å². The average molecular weight is 255 g/mol.